The van der Waals surface area contributed by atoms with Gasteiger partial charge in [-0.15, -0.1) is 0 Å². The minimum atomic E-state index is -0.0138. The molecule has 1 amide bonds. The van der Waals surface area contributed by atoms with E-state index in [-0.39, 0.29) is 17.9 Å². The third-order valence-electron chi connectivity index (χ3n) is 4.51. The van der Waals surface area contributed by atoms with E-state index in [0.717, 1.165) is 18.8 Å². The van der Waals surface area contributed by atoms with Gasteiger partial charge in [-0.1, -0.05) is 19.0 Å². The molecule has 1 aliphatic heterocycles. The van der Waals surface area contributed by atoms with Crippen molar-refractivity contribution in [2.24, 2.45) is 0 Å². The molecule has 0 bridgehead atoms. The average Bonchev–Trinajstić information content (AvgIpc) is 3.34. The van der Waals surface area contributed by atoms with Gasteiger partial charge in [-0.2, -0.15) is 4.98 Å². The molecule has 2 aromatic heterocycles. The molecular weight excluding hydrogens is 320 g/mol. The van der Waals surface area contributed by atoms with Crippen molar-refractivity contribution in [1.82, 2.24) is 20.4 Å². The fourth-order valence-corrected chi connectivity index (χ4v) is 3.07. The second-order valence-electron chi connectivity index (χ2n) is 6.78. The molecular formula is C18H26N4O3. The summed E-state index contributed by atoms with van der Waals surface area (Å²) in [5.41, 5.74) is 0. The highest BCUT2D eigenvalue weighted by Gasteiger charge is 2.25. The number of furan rings is 1. The average molecular weight is 346 g/mol. The van der Waals surface area contributed by atoms with Crippen molar-refractivity contribution in [2.45, 2.75) is 51.5 Å². The number of rotatable bonds is 8. The second-order valence-corrected chi connectivity index (χ2v) is 6.78. The summed E-state index contributed by atoms with van der Waals surface area (Å²) in [4.78, 5) is 18.9. The van der Waals surface area contributed by atoms with Crippen molar-refractivity contribution in [1.29, 1.82) is 0 Å². The number of nitrogens with one attached hydrogen (secondary N) is 1. The van der Waals surface area contributed by atoms with Gasteiger partial charge in [0.1, 0.15) is 5.76 Å². The van der Waals surface area contributed by atoms with Gasteiger partial charge in [0.2, 0.25) is 11.8 Å². The Kier molecular flexibility index (Phi) is 5.86. The van der Waals surface area contributed by atoms with Crippen molar-refractivity contribution in [3.8, 4) is 0 Å². The number of carbonyl (C=O) groups excluding carboxylic acids is 1. The predicted octanol–water partition coefficient (Wildman–Crippen LogP) is 2.67. The number of hydrogen-bond donors (Lipinski definition) is 1. The predicted molar refractivity (Wildman–Crippen MR) is 92.0 cm³/mol. The number of hydrogen-bond acceptors (Lipinski definition) is 6. The first kappa shape index (κ1) is 17.7. The van der Waals surface area contributed by atoms with E-state index in [1.165, 1.54) is 12.8 Å². The third kappa shape index (κ3) is 4.69. The first-order valence-electron chi connectivity index (χ1n) is 9.00. The molecule has 1 aliphatic rings. The summed E-state index contributed by atoms with van der Waals surface area (Å²) in [5, 5.41) is 6.93. The van der Waals surface area contributed by atoms with Crippen LogP contribution in [0.25, 0.3) is 0 Å². The Balaban J connectivity index is 1.49. The van der Waals surface area contributed by atoms with E-state index in [1.54, 1.807) is 6.26 Å². The van der Waals surface area contributed by atoms with Crippen molar-refractivity contribution < 1.29 is 13.7 Å². The van der Waals surface area contributed by atoms with E-state index >= 15 is 0 Å². The van der Waals surface area contributed by atoms with Crippen LogP contribution in [0.15, 0.2) is 27.3 Å². The maximum absolute atomic E-state index is 12.2. The van der Waals surface area contributed by atoms with Gasteiger partial charge in [-0.3, -0.25) is 9.69 Å². The number of amides is 1. The summed E-state index contributed by atoms with van der Waals surface area (Å²) in [6.07, 6.45) is 4.87. The quantitative estimate of drug-likeness (QED) is 0.791. The van der Waals surface area contributed by atoms with Crippen LogP contribution in [0.3, 0.4) is 0 Å². The second kappa shape index (κ2) is 8.29. The van der Waals surface area contributed by atoms with Gasteiger partial charge < -0.3 is 14.3 Å². The van der Waals surface area contributed by atoms with E-state index in [4.69, 9.17) is 8.94 Å². The molecule has 0 aliphatic carbocycles. The van der Waals surface area contributed by atoms with Gasteiger partial charge in [0.15, 0.2) is 5.82 Å². The van der Waals surface area contributed by atoms with Crippen LogP contribution >= 0.6 is 0 Å². The van der Waals surface area contributed by atoms with E-state index < -0.39 is 0 Å². The molecule has 7 nitrogen and oxygen atoms in total. The summed E-state index contributed by atoms with van der Waals surface area (Å²) >= 11 is 0. The highest BCUT2D eigenvalue weighted by Crippen LogP contribution is 2.24. The molecule has 1 fully saturated rings. The van der Waals surface area contributed by atoms with Crippen LogP contribution in [0.1, 0.15) is 62.5 Å². The van der Waals surface area contributed by atoms with E-state index in [9.17, 15) is 4.79 Å². The first-order valence-corrected chi connectivity index (χ1v) is 9.00. The zero-order chi connectivity index (χ0) is 17.6. The van der Waals surface area contributed by atoms with Crippen LogP contribution in [-0.4, -0.2) is 40.6 Å². The van der Waals surface area contributed by atoms with Gasteiger partial charge in [-0.05, 0) is 38.1 Å². The third-order valence-corrected chi connectivity index (χ3v) is 4.51. The van der Waals surface area contributed by atoms with Crippen molar-refractivity contribution in [2.75, 3.05) is 19.6 Å². The zero-order valence-corrected chi connectivity index (χ0v) is 14.9. The van der Waals surface area contributed by atoms with E-state index in [0.29, 0.717) is 31.1 Å². The summed E-state index contributed by atoms with van der Waals surface area (Å²) < 4.78 is 10.7. The number of likely N-dealkylation sites (tertiary alicyclic amines) is 1. The minimum Gasteiger partial charge on any atom is -0.468 e. The minimum absolute atomic E-state index is 0.0138. The lowest BCUT2D eigenvalue weighted by Crippen LogP contribution is -2.36. The van der Waals surface area contributed by atoms with Gasteiger partial charge in [0.05, 0.1) is 12.3 Å². The molecule has 136 valence electrons. The molecule has 7 heteroatoms. The molecule has 0 saturated carbocycles. The molecule has 3 rings (SSSR count). The Labute approximate surface area is 147 Å². The first-order chi connectivity index (χ1) is 12.1. The van der Waals surface area contributed by atoms with E-state index in [2.05, 4.69) is 20.4 Å². The maximum atomic E-state index is 12.2. The lowest BCUT2D eigenvalue weighted by molar-refractivity contribution is -0.121. The van der Waals surface area contributed by atoms with E-state index in [1.807, 2.05) is 26.0 Å². The van der Waals surface area contributed by atoms with Crippen molar-refractivity contribution >= 4 is 5.91 Å². The van der Waals surface area contributed by atoms with Crippen LogP contribution in [0.5, 0.6) is 0 Å². The molecule has 2 aromatic rings. The standard InChI is InChI=1S/C18H26N4O3/c1-13(2)18-20-17(25-21-18)8-7-16(23)19-12-14(15-6-5-11-24-15)22-9-3-4-10-22/h5-6,11,13-14H,3-4,7-10,12H2,1-2H3,(H,19,23). The van der Waals surface area contributed by atoms with Crippen molar-refractivity contribution in [3.05, 3.63) is 35.9 Å². The Morgan fingerprint density at radius 1 is 1.36 bits per heavy atom. The fourth-order valence-electron chi connectivity index (χ4n) is 3.07. The topological polar surface area (TPSA) is 84.4 Å². The van der Waals surface area contributed by atoms with Crippen LogP contribution < -0.4 is 5.32 Å². The Hall–Kier alpha value is -2.15. The van der Waals surface area contributed by atoms with Crippen LogP contribution in [0, 0.1) is 0 Å². The monoisotopic (exact) mass is 346 g/mol. The summed E-state index contributed by atoms with van der Waals surface area (Å²) in [5.74, 6) is 2.31. The zero-order valence-electron chi connectivity index (χ0n) is 14.9. The largest absolute Gasteiger partial charge is 0.468 e. The molecule has 1 N–H and O–H groups in total. The Morgan fingerprint density at radius 2 is 2.16 bits per heavy atom. The summed E-state index contributed by atoms with van der Waals surface area (Å²) in [7, 11) is 0. The molecule has 1 saturated heterocycles. The van der Waals surface area contributed by atoms with Gasteiger partial charge in [0.25, 0.3) is 0 Å². The molecule has 1 unspecified atom stereocenters. The highest BCUT2D eigenvalue weighted by atomic mass is 16.5. The number of nitrogens with zero attached hydrogens (tertiary/aromatic N) is 3. The number of aromatic nitrogens is 2. The highest BCUT2D eigenvalue weighted by molar-refractivity contribution is 5.76. The lowest BCUT2D eigenvalue weighted by atomic mass is 10.2. The SMILES string of the molecule is CC(C)c1noc(CCC(=O)NCC(c2ccco2)N2CCCC2)n1. The molecule has 0 aromatic carbocycles. The molecule has 25 heavy (non-hydrogen) atoms. The Bertz CT molecular complexity index is 660. The van der Waals surface area contributed by atoms with Crippen LogP contribution in [0.4, 0.5) is 0 Å². The summed E-state index contributed by atoms with van der Waals surface area (Å²) in [6.45, 7) is 6.65. The van der Waals surface area contributed by atoms with Gasteiger partial charge in [0, 0.05) is 25.3 Å². The van der Waals surface area contributed by atoms with Gasteiger partial charge >= 0.3 is 0 Å². The smallest absolute Gasteiger partial charge is 0.227 e. The maximum Gasteiger partial charge on any atom is 0.227 e. The normalized spacial score (nSPS) is 16.4. The Morgan fingerprint density at radius 3 is 2.80 bits per heavy atom. The fraction of sp³-hybridized carbons (Fsp3) is 0.611. The molecule has 0 radical (unpaired) electrons. The molecule has 3 heterocycles. The number of carbonyl (C=O) groups is 1. The van der Waals surface area contributed by atoms with Crippen molar-refractivity contribution in [3.63, 3.8) is 0 Å². The number of aryl methyl sites for hydroxylation is 1. The van der Waals surface area contributed by atoms with Gasteiger partial charge in [-0.25, -0.2) is 0 Å². The summed E-state index contributed by atoms with van der Waals surface area (Å²) in [6, 6.07) is 3.96. The molecule has 1 atom stereocenters. The molecule has 0 spiro atoms. The van der Waals surface area contributed by atoms with Crippen LogP contribution in [-0.2, 0) is 11.2 Å². The van der Waals surface area contributed by atoms with Crippen LogP contribution in [0.2, 0.25) is 0 Å². The lowest BCUT2D eigenvalue weighted by Gasteiger charge is -2.25.